The molecule has 0 spiro atoms. The first-order valence-corrected chi connectivity index (χ1v) is 7.32. The van der Waals surface area contributed by atoms with Crippen LogP contribution in [0.4, 0.5) is 13.2 Å². The van der Waals surface area contributed by atoms with Crippen LogP contribution in [0.1, 0.15) is 22.7 Å². The van der Waals surface area contributed by atoms with E-state index in [-0.39, 0.29) is 10.6 Å². The van der Waals surface area contributed by atoms with Gasteiger partial charge in [-0.15, -0.1) is 0 Å². The predicted molar refractivity (Wildman–Crippen MR) is 81.6 cm³/mol. The molecule has 1 nitrogen and oxygen atoms in total. The van der Waals surface area contributed by atoms with E-state index >= 15 is 0 Å². The van der Waals surface area contributed by atoms with Gasteiger partial charge in [0.05, 0.1) is 11.6 Å². The van der Waals surface area contributed by atoms with Crippen molar-refractivity contribution in [2.24, 2.45) is 5.73 Å². The quantitative estimate of drug-likeness (QED) is 0.677. The van der Waals surface area contributed by atoms with Crippen LogP contribution in [-0.2, 0) is 6.18 Å². The fourth-order valence-corrected chi connectivity index (χ4v) is 2.85. The zero-order valence-electron chi connectivity index (χ0n) is 10.4. The Balaban J connectivity index is 2.55. The van der Waals surface area contributed by atoms with Crippen molar-refractivity contribution >= 4 is 39.1 Å². The van der Waals surface area contributed by atoms with Gasteiger partial charge in [0.1, 0.15) is 0 Å². The van der Waals surface area contributed by atoms with Crippen molar-refractivity contribution in [2.75, 3.05) is 0 Å². The maximum atomic E-state index is 13.1. The molecule has 0 amide bonds. The molecule has 1 unspecified atom stereocenters. The van der Waals surface area contributed by atoms with Crippen LogP contribution >= 0.6 is 39.1 Å². The number of hydrogen-bond donors (Lipinski definition) is 1. The number of halogens is 6. The van der Waals surface area contributed by atoms with Gasteiger partial charge >= 0.3 is 6.18 Å². The van der Waals surface area contributed by atoms with E-state index < -0.39 is 17.8 Å². The summed E-state index contributed by atoms with van der Waals surface area (Å²) in [6, 6.07) is 7.35. The second kappa shape index (κ2) is 6.16. The highest BCUT2D eigenvalue weighted by molar-refractivity contribution is 9.10. The normalized spacial score (nSPS) is 13.3. The van der Waals surface area contributed by atoms with E-state index in [1.165, 1.54) is 30.3 Å². The van der Waals surface area contributed by atoms with Gasteiger partial charge in [0.2, 0.25) is 0 Å². The Kier molecular flexibility index (Phi) is 4.88. The maximum Gasteiger partial charge on any atom is 0.416 e. The lowest BCUT2D eigenvalue weighted by Crippen LogP contribution is -2.18. The van der Waals surface area contributed by atoms with Gasteiger partial charge in [-0.25, -0.2) is 0 Å². The van der Waals surface area contributed by atoms with E-state index in [0.717, 1.165) is 6.07 Å². The molecule has 1 atom stereocenters. The first kappa shape index (κ1) is 16.6. The highest BCUT2D eigenvalue weighted by atomic mass is 79.9. The van der Waals surface area contributed by atoms with Crippen LogP contribution in [0, 0.1) is 0 Å². The maximum absolute atomic E-state index is 13.1. The second-order valence-corrected chi connectivity index (χ2v) is 6.13. The molecular weight excluding hydrogens is 390 g/mol. The smallest absolute Gasteiger partial charge is 0.320 e. The second-order valence-electron chi connectivity index (χ2n) is 4.37. The Morgan fingerprint density at radius 3 is 2.19 bits per heavy atom. The predicted octanol–water partition coefficient (Wildman–Crippen LogP) is 5.82. The lowest BCUT2D eigenvalue weighted by atomic mass is 9.95. The zero-order valence-corrected chi connectivity index (χ0v) is 13.5. The van der Waals surface area contributed by atoms with Crippen LogP contribution in [0.15, 0.2) is 40.9 Å². The topological polar surface area (TPSA) is 26.0 Å². The molecule has 2 aromatic carbocycles. The molecule has 0 aliphatic rings. The van der Waals surface area contributed by atoms with Gasteiger partial charge in [0, 0.05) is 14.5 Å². The molecule has 112 valence electrons. The summed E-state index contributed by atoms with van der Waals surface area (Å²) < 4.78 is 39.7. The van der Waals surface area contributed by atoms with Gasteiger partial charge in [0.25, 0.3) is 0 Å². The molecule has 2 aromatic rings. The SMILES string of the molecule is NC(c1ccc(Cl)cc1Cl)c1ccc(Br)cc1C(F)(F)F. The summed E-state index contributed by atoms with van der Waals surface area (Å²) >= 11 is 14.8. The number of rotatable bonds is 2. The molecule has 0 bridgehead atoms. The monoisotopic (exact) mass is 397 g/mol. The standard InChI is InChI=1S/C14H9BrCl2F3N/c15-7-1-3-9(11(5-7)14(18,19)20)13(21)10-4-2-8(16)6-12(10)17/h1-6,13H,21H2. The third-order valence-corrected chi connectivity index (χ3v) is 4.01. The van der Waals surface area contributed by atoms with Gasteiger partial charge < -0.3 is 5.73 Å². The van der Waals surface area contributed by atoms with Crippen molar-refractivity contribution in [2.45, 2.75) is 12.2 Å². The van der Waals surface area contributed by atoms with E-state index in [2.05, 4.69) is 15.9 Å². The van der Waals surface area contributed by atoms with Crippen LogP contribution < -0.4 is 5.73 Å². The Labute approximate surface area is 138 Å². The zero-order chi connectivity index (χ0) is 15.8. The number of nitrogens with two attached hydrogens (primary N) is 1. The van der Waals surface area contributed by atoms with E-state index in [0.29, 0.717) is 15.1 Å². The average molecular weight is 399 g/mol. The number of benzene rings is 2. The molecule has 0 radical (unpaired) electrons. The molecule has 2 rings (SSSR count). The average Bonchev–Trinajstić information content (AvgIpc) is 2.37. The first-order valence-electron chi connectivity index (χ1n) is 5.77. The number of alkyl halides is 3. The summed E-state index contributed by atoms with van der Waals surface area (Å²) in [4.78, 5) is 0. The lowest BCUT2D eigenvalue weighted by molar-refractivity contribution is -0.138. The van der Waals surface area contributed by atoms with Crippen LogP contribution in [0.5, 0.6) is 0 Å². The molecule has 0 saturated heterocycles. The molecule has 0 aliphatic carbocycles. The molecule has 7 heteroatoms. The van der Waals surface area contributed by atoms with Crippen molar-refractivity contribution in [1.82, 2.24) is 0 Å². The summed E-state index contributed by atoms with van der Waals surface area (Å²) in [6.07, 6.45) is -4.50. The Morgan fingerprint density at radius 2 is 1.62 bits per heavy atom. The van der Waals surface area contributed by atoms with Gasteiger partial charge in [-0.05, 0) is 35.4 Å². The van der Waals surface area contributed by atoms with Gasteiger partial charge in [-0.3, -0.25) is 0 Å². The van der Waals surface area contributed by atoms with E-state index in [1.54, 1.807) is 0 Å². The molecule has 21 heavy (non-hydrogen) atoms. The molecule has 0 aromatic heterocycles. The van der Waals surface area contributed by atoms with Crippen LogP contribution in [-0.4, -0.2) is 0 Å². The Morgan fingerprint density at radius 1 is 1.00 bits per heavy atom. The summed E-state index contributed by atoms with van der Waals surface area (Å²) in [6.45, 7) is 0. The fourth-order valence-electron chi connectivity index (χ4n) is 1.97. The first-order chi connectivity index (χ1) is 9.70. The third kappa shape index (κ3) is 3.72. The summed E-state index contributed by atoms with van der Waals surface area (Å²) in [5.41, 5.74) is 5.51. The minimum absolute atomic E-state index is 0.0464. The molecule has 0 heterocycles. The highest BCUT2D eigenvalue weighted by Gasteiger charge is 2.35. The van der Waals surface area contributed by atoms with Crippen molar-refractivity contribution in [3.63, 3.8) is 0 Å². The minimum Gasteiger partial charge on any atom is -0.320 e. The largest absolute Gasteiger partial charge is 0.416 e. The third-order valence-electron chi connectivity index (χ3n) is 2.95. The lowest BCUT2D eigenvalue weighted by Gasteiger charge is -2.20. The van der Waals surface area contributed by atoms with Crippen LogP contribution in [0.25, 0.3) is 0 Å². The molecular formula is C14H9BrCl2F3N. The van der Waals surface area contributed by atoms with E-state index in [1.807, 2.05) is 0 Å². The number of hydrogen-bond acceptors (Lipinski definition) is 1. The van der Waals surface area contributed by atoms with Gasteiger partial charge in [-0.1, -0.05) is 51.3 Å². The van der Waals surface area contributed by atoms with E-state index in [4.69, 9.17) is 28.9 Å². The van der Waals surface area contributed by atoms with Crippen molar-refractivity contribution in [3.05, 3.63) is 67.6 Å². The molecule has 0 aliphatic heterocycles. The van der Waals surface area contributed by atoms with E-state index in [9.17, 15) is 13.2 Å². The minimum atomic E-state index is -4.50. The Bertz CT molecular complexity index is 674. The highest BCUT2D eigenvalue weighted by Crippen LogP contribution is 2.38. The molecule has 0 saturated carbocycles. The van der Waals surface area contributed by atoms with Crippen LogP contribution in [0.3, 0.4) is 0 Å². The Hall–Kier alpha value is -0.750. The van der Waals surface area contributed by atoms with Crippen LogP contribution in [0.2, 0.25) is 10.0 Å². The summed E-state index contributed by atoms with van der Waals surface area (Å²) in [5, 5.41) is 0.619. The van der Waals surface area contributed by atoms with Gasteiger partial charge in [-0.2, -0.15) is 13.2 Å². The van der Waals surface area contributed by atoms with Crippen molar-refractivity contribution < 1.29 is 13.2 Å². The van der Waals surface area contributed by atoms with Crippen molar-refractivity contribution in [3.8, 4) is 0 Å². The molecule has 0 fully saturated rings. The fraction of sp³-hybridized carbons (Fsp3) is 0.143. The summed E-state index contributed by atoms with van der Waals surface area (Å²) in [5.74, 6) is 0. The summed E-state index contributed by atoms with van der Waals surface area (Å²) in [7, 11) is 0. The van der Waals surface area contributed by atoms with Gasteiger partial charge in [0.15, 0.2) is 0 Å². The molecule has 2 N–H and O–H groups in total. The van der Waals surface area contributed by atoms with Crippen molar-refractivity contribution in [1.29, 1.82) is 0 Å².